The van der Waals surface area contributed by atoms with E-state index in [1.54, 1.807) is 12.3 Å². The lowest BCUT2D eigenvalue weighted by Gasteiger charge is -2.14. The van der Waals surface area contributed by atoms with Crippen LogP contribution >= 0.6 is 0 Å². The Hall–Kier alpha value is -2.11. The summed E-state index contributed by atoms with van der Waals surface area (Å²) in [5.74, 6) is -1.02. The number of pyridine rings is 1. The van der Waals surface area contributed by atoms with Crippen LogP contribution in [0.25, 0.3) is 0 Å². The van der Waals surface area contributed by atoms with Crippen LogP contribution in [0.3, 0.4) is 0 Å². The Morgan fingerprint density at radius 2 is 2.16 bits per heavy atom. The van der Waals surface area contributed by atoms with Crippen LogP contribution in [-0.2, 0) is 4.79 Å². The van der Waals surface area contributed by atoms with E-state index >= 15 is 0 Å². The maximum Gasteiger partial charge on any atom is 0.326 e. The molecule has 0 aliphatic rings. The maximum absolute atomic E-state index is 11.7. The van der Waals surface area contributed by atoms with Gasteiger partial charge in [0, 0.05) is 6.20 Å². The first-order valence-electron chi connectivity index (χ1n) is 6.25. The molecule has 1 rings (SSSR count). The third-order valence-electron chi connectivity index (χ3n) is 2.58. The molecule has 1 aromatic rings. The lowest BCUT2D eigenvalue weighted by Crippen LogP contribution is -2.42. The summed E-state index contributed by atoms with van der Waals surface area (Å²) >= 11 is 0. The highest BCUT2D eigenvalue weighted by atomic mass is 16.4. The number of carbonyl (C=O) groups excluding carboxylic acids is 1. The standard InChI is InChI=1S/C13H19N3O3/c1-3-4-5-11(12(17)18)16-13(19)15-10-6-9(2)7-14-8-10/h6-8,11H,3-5H2,1-2H3,(H,17,18)(H2,15,16,19). The van der Waals surface area contributed by atoms with Crippen molar-refractivity contribution < 1.29 is 14.7 Å². The third kappa shape index (κ3) is 5.37. The number of aliphatic carboxylic acids is 1. The highest BCUT2D eigenvalue weighted by molar-refractivity contribution is 5.92. The van der Waals surface area contributed by atoms with Gasteiger partial charge in [0.25, 0.3) is 0 Å². The number of urea groups is 1. The molecule has 0 bridgehead atoms. The fraction of sp³-hybridized carbons (Fsp3) is 0.462. The van der Waals surface area contributed by atoms with Crippen molar-refractivity contribution in [2.24, 2.45) is 0 Å². The van der Waals surface area contributed by atoms with Gasteiger partial charge < -0.3 is 15.7 Å². The van der Waals surface area contributed by atoms with E-state index in [9.17, 15) is 9.59 Å². The minimum atomic E-state index is -1.02. The molecular formula is C13H19N3O3. The molecule has 3 N–H and O–H groups in total. The fourth-order valence-corrected chi connectivity index (χ4v) is 1.61. The monoisotopic (exact) mass is 265 g/mol. The van der Waals surface area contributed by atoms with Crippen LogP contribution in [0.2, 0.25) is 0 Å². The molecule has 0 spiro atoms. The van der Waals surface area contributed by atoms with Crippen molar-refractivity contribution in [1.82, 2.24) is 10.3 Å². The van der Waals surface area contributed by atoms with E-state index in [-0.39, 0.29) is 0 Å². The number of rotatable bonds is 6. The van der Waals surface area contributed by atoms with Gasteiger partial charge in [0.1, 0.15) is 6.04 Å². The van der Waals surface area contributed by atoms with Gasteiger partial charge in [-0.05, 0) is 25.0 Å². The van der Waals surface area contributed by atoms with E-state index in [0.717, 1.165) is 18.4 Å². The zero-order valence-electron chi connectivity index (χ0n) is 11.1. The highest BCUT2D eigenvalue weighted by Gasteiger charge is 2.19. The molecule has 1 aromatic heterocycles. The Balaban J connectivity index is 2.55. The predicted molar refractivity (Wildman–Crippen MR) is 72.1 cm³/mol. The van der Waals surface area contributed by atoms with Gasteiger partial charge in [0.15, 0.2) is 0 Å². The molecule has 19 heavy (non-hydrogen) atoms. The number of carboxylic acids is 1. The number of nitrogens with zero attached hydrogens (tertiary/aromatic N) is 1. The van der Waals surface area contributed by atoms with Crippen LogP contribution in [0.4, 0.5) is 10.5 Å². The van der Waals surface area contributed by atoms with Crippen molar-refractivity contribution in [3.8, 4) is 0 Å². The molecule has 6 heteroatoms. The smallest absolute Gasteiger partial charge is 0.326 e. The summed E-state index contributed by atoms with van der Waals surface area (Å²) in [5.41, 5.74) is 1.45. The largest absolute Gasteiger partial charge is 0.480 e. The first-order chi connectivity index (χ1) is 9.02. The number of carboxylic acid groups (broad SMARTS) is 1. The van der Waals surface area contributed by atoms with E-state index in [4.69, 9.17) is 5.11 Å². The van der Waals surface area contributed by atoms with E-state index in [1.807, 2.05) is 13.8 Å². The number of aromatic nitrogens is 1. The van der Waals surface area contributed by atoms with Gasteiger partial charge in [-0.3, -0.25) is 4.98 Å². The number of hydrogen-bond donors (Lipinski definition) is 3. The molecule has 0 aliphatic heterocycles. The second-order valence-electron chi connectivity index (χ2n) is 4.38. The molecule has 0 radical (unpaired) electrons. The summed E-state index contributed by atoms with van der Waals surface area (Å²) in [6, 6.07) is 0.364. The molecule has 2 amide bonds. The van der Waals surface area contributed by atoms with Crippen LogP contribution < -0.4 is 10.6 Å². The van der Waals surface area contributed by atoms with Gasteiger partial charge in [0.2, 0.25) is 0 Å². The average molecular weight is 265 g/mol. The van der Waals surface area contributed by atoms with Crippen LogP contribution in [-0.4, -0.2) is 28.1 Å². The normalized spacial score (nSPS) is 11.7. The molecule has 0 fully saturated rings. The lowest BCUT2D eigenvalue weighted by atomic mass is 10.1. The second-order valence-corrected chi connectivity index (χ2v) is 4.38. The SMILES string of the molecule is CCCCC(NC(=O)Nc1cncc(C)c1)C(=O)O. The number of carbonyl (C=O) groups is 2. The Bertz CT molecular complexity index is 449. The molecule has 0 aliphatic carbocycles. The molecule has 104 valence electrons. The quantitative estimate of drug-likeness (QED) is 0.735. The van der Waals surface area contributed by atoms with Crippen molar-refractivity contribution in [2.75, 3.05) is 5.32 Å². The summed E-state index contributed by atoms with van der Waals surface area (Å²) in [7, 11) is 0. The zero-order chi connectivity index (χ0) is 14.3. The topological polar surface area (TPSA) is 91.3 Å². The van der Waals surface area contributed by atoms with E-state index in [2.05, 4.69) is 15.6 Å². The van der Waals surface area contributed by atoms with Crippen molar-refractivity contribution in [2.45, 2.75) is 39.2 Å². The van der Waals surface area contributed by atoms with Gasteiger partial charge in [-0.25, -0.2) is 9.59 Å². The minimum Gasteiger partial charge on any atom is -0.480 e. The van der Waals surface area contributed by atoms with Crippen molar-refractivity contribution in [3.05, 3.63) is 24.0 Å². The predicted octanol–water partition coefficient (Wildman–Crippen LogP) is 2.15. The summed E-state index contributed by atoms with van der Waals surface area (Å²) < 4.78 is 0. The maximum atomic E-state index is 11.7. The van der Waals surface area contributed by atoms with Crippen molar-refractivity contribution in [1.29, 1.82) is 0 Å². The van der Waals surface area contributed by atoms with E-state index < -0.39 is 18.0 Å². The van der Waals surface area contributed by atoms with Crippen LogP contribution in [0.1, 0.15) is 31.7 Å². The van der Waals surface area contributed by atoms with Gasteiger partial charge >= 0.3 is 12.0 Å². The number of unbranched alkanes of at least 4 members (excludes halogenated alkanes) is 1. The number of hydrogen-bond acceptors (Lipinski definition) is 3. The summed E-state index contributed by atoms with van der Waals surface area (Å²) in [5, 5.41) is 14.0. The molecular weight excluding hydrogens is 246 g/mol. The highest BCUT2D eigenvalue weighted by Crippen LogP contribution is 2.07. The van der Waals surface area contributed by atoms with Crippen molar-refractivity contribution >= 4 is 17.7 Å². The number of nitrogens with one attached hydrogen (secondary N) is 2. The molecule has 1 heterocycles. The lowest BCUT2D eigenvalue weighted by molar-refractivity contribution is -0.139. The first-order valence-corrected chi connectivity index (χ1v) is 6.25. The zero-order valence-corrected chi connectivity index (χ0v) is 11.1. The Labute approximate surface area is 112 Å². The van der Waals surface area contributed by atoms with Gasteiger partial charge in [-0.2, -0.15) is 0 Å². The molecule has 1 unspecified atom stereocenters. The average Bonchev–Trinajstić information content (AvgIpc) is 2.34. The number of anilines is 1. The van der Waals surface area contributed by atoms with Gasteiger partial charge in [-0.1, -0.05) is 19.8 Å². The molecule has 0 saturated heterocycles. The Morgan fingerprint density at radius 3 is 2.74 bits per heavy atom. The van der Waals surface area contributed by atoms with Gasteiger partial charge in [-0.15, -0.1) is 0 Å². The third-order valence-corrected chi connectivity index (χ3v) is 2.58. The molecule has 0 saturated carbocycles. The summed E-state index contributed by atoms with van der Waals surface area (Å²) in [6.45, 7) is 3.83. The Morgan fingerprint density at radius 1 is 1.42 bits per heavy atom. The Kier molecular flexibility index (Phi) is 5.78. The van der Waals surface area contributed by atoms with E-state index in [1.165, 1.54) is 6.20 Å². The first kappa shape index (κ1) is 14.9. The van der Waals surface area contributed by atoms with Crippen LogP contribution in [0.15, 0.2) is 18.5 Å². The molecule has 1 atom stereocenters. The number of aryl methyl sites for hydroxylation is 1. The molecule has 0 aromatic carbocycles. The molecule has 6 nitrogen and oxygen atoms in total. The second kappa shape index (κ2) is 7.35. The van der Waals surface area contributed by atoms with Gasteiger partial charge in [0.05, 0.1) is 11.9 Å². The summed E-state index contributed by atoms with van der Waals surface area (Å²) in [4.78, 5) is 26.6. The van der Waals surface area contributed by atoms with Crippen molar-refractivity contribution in [3.63, 3.8) is 0 Å². The van der Waals surface area contributed by atoms with E-state index in [0.29, 0.717) is 12.1 Å². The summed E-state index contributed by atoms with van der Waals surface area (Å²) in [6.07, 6.45) is 5.24. The van der Waals surface area contributed by atoms with Crippen LogP contribution in [0, 0.1) is 6.92 Å². The number of amides is 2. The fourth-order valence-electron chi connectivity index (χ4n) is 1.61. The minimum absolute atomic E-state index is 0.422. The van der Waals surface area contributed by atoms with Crippen LogP contribution in [0.5, 0.6) is 0 Å².